The summed E-state index contributed by atoms with van der Waals surface area (Å²) in [4.78, 5) is 68.3. The van der Waals surface area contributed by atoms with Crippen molar-refractivity contribution in [1.29, 1.82) is 0 Å². The Morgan fingerprint density at radius 3 is 2.04 bits per heavy atom. The van der Waals surface area contributed by atoms with Gasteiger partial charge in [-0.25, -0.2) is 19.6 Å². The number of rotatable bonds is 10. The lowest BCUT2D eigenvalue weighted by Gasteiger charge is -2.26. The maximum atomic E-state index is 13.2. The number of nitrogens with one attached hydrogen (secondary N) is 3. The number of carbonyl (C=O) groups is 4. The number of aromatic nitrogens is 4. The van der Waals surface area contributed by atoms with E-state index in [-0.39, 0.29) is 30.5 Å². The maximum Gasteiger partial charge on any atom is 0.407 e. The summed E-state index contributed by atoms with van der Waals surface area (Å²) in [7, 11) is 1.25. The predicted octanol–water partition coefficient (Wildman–Crippen LogP) is 4.18. The van der Waals surface area contributed by atoms with Crippen LogP contribution in [-0.4, -0.2) is 91.2 Å². The Hall–Kier alpha value is -5.70. The molecule has 268 valence electrons. The van der Waals surface area contributed by atoms with Gasteiger partial charge < -0.3 is 45.4 Å². The average Bonchev–Trinajstić information content (AvgIpc) is 3.97. The van der Waals surface area contributed by atoms with E-state index in [0.717, 1.165) is 47.2 Å². The summed E-state index contributed by atoms with van der Waals surface area (Å²) < 4.78 is 9.53. The van der Waals surface area contributed by atoms with Crippen molar-refractivity contribution in [3.8, 4) is 33.6 Å². The topological polar surface area (TPSA) is 209 Å². The third-order valence-corrected chi connectivity index (χ3v) is 9.47. The molecule has 0 bridgehead atoms. The highest BCUT2D eigenvalue weighted by Gasteiger charge is 2.36. The Balaban J connectivity index is 1.14. The van der Waals surface area contributed by atoms with Gasteiger partial charge in [0, 0.05) is 24.8 Å². The Morgan fingerprint density at radius 2 is 1.45 bits per heavy atom. The lowest BCUT2D eigenvalue weighted by molar-refractivity contribution is -0.140. The van der Waals surface area contributed by atoms with Gasteiger partial charge >= 0.3 is 12.2 Å². The molecular formula is C36H42N8O7. The molecule has 15 heteroatoms. The van der Waals surface area contributed by atoms with E-state index < -0.39 is 24.3 Å². The summed E-state index contributed by atoms with van der Waals surface area (Å²) in [6.07, 6.45) is 2.23. The second-order valence-electron chi connectivity index (χ2n) is 12.7. The lowest BCUT2D eigenvalue weighted by atomic mass is 10.0. The van der Waals surface area contributed by atoms with Crippen molar-refractivity contribution in [2.45, 2.75) is 70.4 Å². The quantitative estimate of drug-likeness (QED) is 0.161. The van der Waals surface area contributed by atoms with E-state index in [1.54, 1.807) is 16.7 Å². The number of benzene rings is 2. The Labute approximate surface area is 294 Å². The number of nitrogens with two attached hydrogens (primary N) is 1. The number of primary amides is 1. The first-order chi connectivity index (χ1) is 24.6. The van der Waals surface area contributed by atoms with Crippen molar-refractivity contribution in [2.75, 3.05) is 20.2 Å². The monoisotopic (exact) mass is 698 g/mol. The highest BCUT2D eigenvalue weighted by molar-refractivity contribution is 5.86. The first-order valence-electron chi connectivity index (χ1n) is 17.0. The fourth-order valence-electron chi connectivity index (χ4n) is 6.89. The number of amides is 4. The third kappa shape index (κ3) is 7.43. The number of ether oxygens (including phenoxy) is 2. The van der Waals surface area contributed by atoms with Crippen LogP contribution < -0.4 is 11.1 Å². The summed E-state index contributed by atoms with van der Waals surface area (Å²) in [5, 5.41) is 12.7. The number of hydrogen-bond acceptors (Lipinski definition) is 9. The normalized spacial score (nSPS) is 18.4. The Kier molecular flexibility index (Phi) is 10.4. The number of likely N-dealkylation sites (tertiary alicyclic amines) is 2. The van der Waals surface area contributed by atoms with E-state index in [9.17, 15) is 24.3 Å². The first kappa shape index (κ1) is 35.1. The highest BCUT2D eigenvalue weighted by atomic mass is 16.6. The smallest absolute Gasteiger partial charge is 0.407 e. The molecule has 51 heavy (non-hydrogen) atoms. The largest absolute Gasteiger partial charge is 0.453 e. The molecule has 0 spiro atoms. The van der Waals surface area contributed by atoms with Crippen LogP contribution in [0.4, 0.5) is 9.59 Å². The van der Waals surface area contributed by atoms with Gasteiger partial charge in [-0.1, -0.05) is 48.5 Å². The fourth-order valence-corrected chi connectivity index (χ4v) is 6.89. The number of aromatic amines is 2. The summed E-state index contributed by atoms with van der Waals surface area (Å²) >= 11 is 0. The molecule has 1 unspecified atom stereocenters. The Bertz CT molecular complexity index is 1890. The number of aliphatic hydroxyl groups excluding tert-OH is 1. The fraction of sp³-hybridized carbons (Fsp3) is 0.389. The van der Waals surface area contributed by atoms with Crippen molar-refractivity contribution >= 4 is 24.0 Å². The highest BCUT2D eigenvalue weighted by Crippen LogP contribution is 2.35. The van der Waals surface area contributed by atoms with Crippen molar-refractivity contribution in [1.82, 2.24) is 35.1 Å². The SMILES string of the molecule is COC(=O)N[C@@H](C)C(=O)N1CCCC1c1nc(CO)c(-c2ccc(-c3ccc(-c4c[nH]c([C@@H]5CCCN5C(=O)[C@H](C)OC(N)=O)n4)cc3)cc2)[nH]1. The van der Waals surface area contributed by atoms with Gasteiger partial charge in [0.25, 0.3) is 5.91 Å². The van der Waals surface area contributed by atoms with Crippen LogP contribution in [0, 0.1) is 0 Å². The molecular weight excluding hydrogens is 656 g/mol. The van der Waals surface area contributed by atoms with E-state index in [1.807, 2.05) is 54.7 Å². The van der Waals surface area contributed by atoms with E-state index in [4.69, 9.17) is 15.5 Å². The molecule has 4 amide bonds. The molecule has 2 aromatic carbocycles. The van der Waals surface area contributed by atoms with E-state index in [1.165, 1.54) is 14.0 Å². The van der Waals surface area contributed by atoms with Crippen LogP contribution in [0.15, 0.2) is 54.7 Å². The summed E-state index contributed by atoms with van der Waals surface area (Å²) in [5.41, 5.74) is 10.8. The average molecular weight is 699 g/mol. The number of alkyl carbamates (subject to hydrolysis) is 1. The molecule has 2 fully saturated rings. The van der Waals surface area contributed by atoms with Gasteiger partial charge in [-0.2, -0.15) is 0 Å². The van der Waals surface area contributed by atoms with Gasteiger partial charge in [0.1, 0.15) is 17.7 Å². The molecule has 15 nitrogen and oxygen atoms in total. The van der Waals surface area contributed by atoms with Crippen LogP contribution in [0.2, 0.25) is 0 Å². The van der Waals surface area contributed by atoms with Crippen molar-refractivity contribution in [3.05, 3.63) is 72.1 Å². The van der Waals surface area contributed by atoms with Gasteiger partial charge in [0.2, 0.25) is 5.91 Å². The third-order valence-electron chi connectivity index (χ3n) is 9.47. The van der Waals surface area contributed by atoms with E-state index >= 15 is 0 Å². The molecule has 2 aliphatic rings. The molecule has 0 aliphatic carbocycles. The van der Waals surface area contributed by atoms with Crippen LogP contribution in [0.1, 0.15) is 69.0 Å². The second-order valence-corrected chi connectivity index (χ2v) is 12.7. The molecule has 0 radical (unpaired) electrons. The molecule has 0 saturated carbocycles. The summed E-state index contributed by atoms with van der Waals surface area (Å²) in [6.45, 7) is 3.93. The summed E-state index contributed by atoms with van der Waals surface area (Å²) in [6, 6.07) is 14.6. The van der Waals surface area contributed by atoms with Crippen LogP contribution in [0.5, 0.6) is 0 Å². The van der Waals surface area contributed by atoms with Gasteiger partial charge in [-0.3, -0.25) is 9.59 Å². The molecule has 2 aromatic heterocycles. The zero-order chi connectivity index (χ0) is 36.2. The summed E-state index contributed by atoms with van der Waals surface area (Å²) in [5.74, 6) is 0.720. The van der Waals surface area contributed by atoms with Crippen molar-refractivity contribution in [3.63, 3.8) is 0 Å². The van der Waals surface area contributed by atoms with Crippen LogP contribution in [0.25, 0.3) is 33.6 Å². The van der Waals surface area contributed by atoms with Gasteiger partial charge in [-0.15, -0.1) is 0 Å². The number of carbonyl (C=O) groups excluding carboxylic acids is 4. The second kappa shape index (κ2) is 15.0. The zero-order valence-electron chi connectivity index (χ0n) is 28.7. The number of H-pyrrole nitrogens is 2. The Morgan fingerprint density at radius 1 is 0.882 bits per heavy atom. The molecule has 4 heterocycles. The van der Waals surface area contributed by atoms with Gasteiger partial charge in [0.05, 0.1) is 42.9 Å². The van der Waals surface area contributed by atoms with Gasteiger partial charge in [-0.05, 0) is 56.2 Å². The van der Waals surface area contributed by atoms with Crippen molar-refractivity contribution in [2.24, 2.45) is 5.73 Å². The minimum Gasteiger partial charge on any atom is -0.453 e. The van der Waals surface area contributed by atoms with E-state index in [2.05, 4.69) is 25.0 Å². The molecule has 4 atom stereocenters. The number of hydrogen-bond donors (Lipinski definition) is 5. The number of imidazole rings is 2. The molecule has 4 aromatic rings. The predicted molar refractivity (Wildman–Crippen MR) is 185 cm³/mol. The number of nitrogens with zero attached hydrogens (tertiary/aromatic N) is 4. The first-order valence-corrected chi connectivity index (χ1v) is 17.0. The molecule has 6 N–H and O–H groups in total. The molecule has 2 saturated heterocycles. The lowest BCUT2D eigenvalue weighted by Crippen LogP contribution is -2.46. The van der Waals surface area contributed by atoms with Crippen LogP contribution >= 0.6 is 0 Å². The van der Waals surface area contributed by atoms with Gasteiger partial charge in [0.15, 0.2) is 6.10 Å². The molecule has 6 rings (SSSR count). The number of aliphatic hydroxyl groups is 1. The van der Waals surface area contributed by atoms with E-state index in [0.29, 0.717) is 42.5 Å². The standard InChI is InChI=1S/C36H42N8O7/c1-20(39-36(49)50-3)33(46)43-16-5-7-29(43)32-41-27(19-45)30(42-32)25-14-10-23(11-15-25)22-8-12-24(13-9-22)26-18-38-31(40-26)28-6-4-17-44(28)34(47)21(2)51-35(37)48/h8-15,18,20-21,28-29,45H,4-7,16-17,19H2,1-3H3,(H2,37,48)(H,38,40)(H,39,49)(H,41,42)/t20-,21-,28-,29?/m0/s1. The maximum absolute atomic E-state index is 13.2. The minimum absolute atomic E-state index is 0.231. The zero-order valence-corrected chi connectivity index (χ0v) is 28.7. The molecule has 2 aliphatic heterocycles. The minimum atomic E-state index is -0.987. The number of methoxy groups -OCH3 is 1. The van der Waals surface area contributed by atoms with Crippen molar-refractivity contribution < 1.29 is 33.8 Å². The van der Waals surface area contributed by atoms with Crippen LogP contribution in [0.3, 0.4) is 0 Å². The van der Waals surface area contributed by atoms with Crippen LogP contribution in [-0.2, 0) is 25.7 Å².